The first kappa shape index (κ1) is 30.6. The standard InChI is InChI=1S/C31H34F4N2O6/c1-15-3-8-19(12-22(15)31(33,34)35)36-29(39)26-17-4-5-18(11-17)27(26)37-28(38)21-13-25(23(32)14-24(21)42-2)43-20-9-6-16(7-10-20)30(40)41/h3,8,12-14,16-18,20,26-27H,4-7,9-11H2,1-2H3,(H,36,39)(H,37,38)(H,40,41)/t16-,17-,18+,20+,26+,27-/m1/s1. The summed E-state index contributed by atoms with van der Waals surface area (Å²) in [5, 5.41) is 14.8. The maximum absolute atomic E-state index is 14.9. The van der Waals surface area contributed by atoms with E-state index in [-0.39, 0.29) is 40.1 Å². The Balaban J connectivity index is 1.32. The van der Waals surface area contributed by atoms with Crippen LogP contribution in [0.1, 0.15) is 66.4 Å². The molecule has 2 aromatic rings. The Kier molecular flexibility index (Phi) is 8.58. The number of hydrogen-bond donors (Lipinski definition) is 3. The van der Waals surface area contributed by atoms with E-state index in [1.807, 2.05) is 0 Å². The fraction of sp³-hybridized carbons (Fsp3) is 0.516. The number of amides is 2. The Labute approximate surface area is 246 Å². The molecular weight excluding hydrogens is 572 g/mol. The van der Waals surface area contributed by atoms with Gasteiger partial charge in [-0.05, 0) is 87.5 Å². The molecule has 0 saturated heterocycles. The molecule has 43 heavy (non-hydrogen) atoms. The number of carbonyl (C=O) groups excluding carboxylic acids is 2. The molecule has 2 aromatic carbocycles. The van der Waals surface area contributed by atoms with Crippen molar-refractivity contribution < 1.29 is 46.5 Å². The molecule has 4 atom stereocenters. The minimum absolute atomic E-state index is 0.0000347. The van der Waals surface area contributed by atoms with Crippen molar-refractivity contribution in [3.8, 4) is 11.5 Å². The van der Waals surface area contributed by atoms with Crippen LogP contribution in [0.5, 0.6) is 11.5 Å². The summed E-state index contributed by atoms with van der Waals surface area (Å²) in [4.78, 5) is 38.2. The molecule has 0 unspecified atom stereocenters. The predicted molar refractivity (Wildman–Crippen MR) is 147 cm³/mol. The van der Waals surface area contributed by atoms with Crippen LogP contribution in [-0.2, 0) is 15.8 Å². The van der Waals surface area contributed by atoms with Crippen molar-refractivity contribution in [1.82, 2.24) is 5.32 Å². The molecule has 0 heterocycles. The Morgan fingerprint density at radius 3 is 2.30 bits per heavy atom. The summed E-state index contributed by atoms with van der Waals surface area (Å²) in [6.45, 7) is 1.35. The van der Waals surface area contributed by atoms with E-state index >= 15 is 0 Å². The Bertz CT molecular complexity index is 1410. The van der Waals surface area contributed by atoms with Gasteiger partial charge in [-0.15, -0.1) is 0 Å². The highest BCUT2D eigenvalue weighted by Crippen LogP contribution is 2.49. The third-order valence-electron chi connectivity index (χ3n) is 9.14. The third kappa shape index (κ3) is 6.42. The van der Waals surface area contributed by atoms with Crippen LogP contribution in [0, 0.1) is 36.4 Å². The molecule has 232 valence electrons. The summed E-state index contributed by atoms with van der Waals surface area (Å²) in [7, 11) is 1.30. The van der Waals surface area contributed by atoms with E-state index in [1.165, 1.54) is 32.2 Å². The van der Waals surface area contributed by atoms with Crippen molar-refractivity contribution in [3.63, 3.8) is 0 Å². The molecule has 3 fully saturated rings. The molecule has 0 radical (unpaired) electrons. The maximum atomic E-state index is 14.9. The molecule has 3 aliphatic carbocycles. The smallest absolute Gasteiger partial charge is 0.416 e. The minimum Gasteiger partial charge on any atom is -0.496 e. The van der Waals surface area contributed by atoms with Gasteiger partial charge in [0.2, 0.25) is 5.91 Å². The molecular formula is C31H34F4N2O6. The van der Waals surface area contributed by atoms with Gasteiger partial charge in [0.1, 0.15) is 5.75 Å². The van der Waals surface area contributed by atoms with E-state index in [9.17, 15) is 37.1 Å². The second kappa shape index (κ2) is 12.0. The molecule has 12 heteroatoms. The molecule has 3 aliphatic rings. The SMILES string of the molecule is COc1cc(F)c(O[C@H]2CC[C@@H](C(=O)O)CC2)cc1C(=O)N[C@@H]1[C@H]2CC[C@H](C2)[C@@H]1C(=O)Nc1ccc(C)c(C(F)(F)F)c1. The van der Waals surface area contributed by atoms with Gasteiger partial charge in [-0.3, -0.25) is 14.4 Å². The predicted octanol–water partition coefficient (Wildman–Crippen LogP) is 5.97. The first-order valence-corrected chi connectivity index (χ1v) is 14.4. The molecule has 5 rings (SSSR count). The number of anilines is 1. The molecule has 3 N–H and O–H groups in total. The summed E-state index contributed by atoms with van der Waals surface area (Å²) >= 11 is 0. The van der Waals surface area contributed by atoms with Crippen molar-refractivity contribution in [1.29, 1.82) is 0 Å². The molecule has 2 bridgehead atoms. The lowest BCUT2D eigenvalue weighted by Crippen LogP contribution is -2.48. The normalized spacial score (nSPS) is 26.6. The third-order valence-corrected chi connectivity index (χ3v) is 9.14. The summed E-state index contributed by atoms with van der Waals surface area (Å²) < 4.78 is 66.3. The van der Waals surface area contributed by atoms with E-state index < -0.39 is 59.3 Å². The van der Waals surface area contributed by atoms with Gasteiger partial charge >= 0.3 is 12.1 Å². The minimum atomic E-state index is -4.57. The van der Waals surface area contributed by atoms with E-state index in [0.717, 1.165) is 25.0 Å². The number of rotatable bonds is 8. The van der Waals surface area contributed by atoms with Crippen LogP contribution in [-0.4, -0.2) is 42.1 Å². The fourth-order valence-corrected chi connectivity index (χ4v) is 6.92. The number of benzene rings is 2. The number of ether oxygens (including phenoxy) is 2. The average Bonchev–Trinajstić information content (AvgIpc) is 3.56. The van der Waals surface area contributed by atoms with Gasteiger partial charge in [-0.25, -0.2) is 4.39 Å². The highest BCUT2D eigenvalue weighted by atomic mass is 19.4. The summed E-state index contributed by atoms with van der Waals surface area (Å²) in [5.41, 5.74) is -0.761. The molecule has 3 saturated carbocycles. The highest BCUT2D eigenvalue weighted by molar-refractivity contribution is 5.99. The summed E-state index contributed by atoms with van der Waals surface area (Å²) in [6.07, 6.45) is -1.07. The molecule has 8 nitrogen and oxygen atoms in total. The number of carboxylic acid groups (broad SMARTS) is 1. The second-order valence-corrected chi connectivity index (χ2v) is 11.8. The number of alkyl halides is 3. The fourth-order valence-electron chi connectivity index (χ4n) is 6.92. The number of fused-ring (bicyclic) bond motifs is 2. The number of carbonyl (C=O) groups is 3. The number of aryl methyl sites for hydroxylation is 1. The van der Waals surface area contributed by atoms with Crippen molar-refractivity contribution in [2.45, 2.75) is 70.2 Å². The Morgan fingerprint density at radius 1 is 0.953 bits per heavy atom. The van der Waals surface area contributed by atoms with E-state index in [0.29, 0.717) is 32.1 Å². The van der Waals surface area contributed by atoms with Gasteiger partial charge in [-0.2, -0.15) is 13.2 Å². The van der Waals surface area contributed by atoms with E-state index in [2.05, 4.69) is 10.6 Å². The zero-order chi connectivity index (χ0) is 31.1. The first-order valence-electron chi connectivity index (χ1n) is 14.4. The molecule has 0 aromatic heterocycles. The average molecular weight is 607 g/mol. The second-order valence-electron chi connectivity index (χ2n) is 11.8. The lowest BCUT2D eigenvalue weighted by Gasteiger charge is -2.31. The van der Waals surface area contributed by atoms with Crippen molar-refractivity contribution >= 4 is 23.5 Å². The quantitative estimate of drug-likeness (QED) is 0.319. The number of nitrogens with one attached hydrogen (secondary N) is 2. The van der Waals surface area contributed by atoms with Crippen LogP contribution in [0.25, 0.3) is 0 Å². The topological polar surface area (TPSA) is 114 Å². The van der Waals surface area contributed by atoms with Gasteiger partial charge < -0.3 is 25.2 Å². The summed E-state index contributed by atoms with van der Waals surface area (Å²) in [5.74, 6) is -4.03. The van der Waals surface area contributed by atoms with Crippen molar-refractivity contribution in [2.24, 2.45) is 23.7 Å². The lowest BCUT2D eigenvalue weighted by atomic mass is 9.83. The first-order chi connectivity index (χ1) is 20.3. The lowest BCUT2D eigenvalue weighted by molar-refractivity contribution is -0.143. The Hall–Kier alpha value is -3.83. The van der Waals surface area contributed by atoms with Crippen LogP contribution in [0.3, 0.4) is 0 Å². The van der Waals surface area contributed by atoms with Crippen LogP contribution in [0.4, 0.5) is 23.2 Å². The molecule has 0 spiro atoms. The van der Waals surface area contributed by atoms with Gasteiger partial charge in [0.15, 0.2) is 11.6 Å². The summed E-state index contributed by atoms with van der Waals surface area (Å²) in [6, 6.07) is 5.35. The van der Waals surface area contributed by atoms with Gasteiger partial charge in [-0.1, -0.05) is 6.07 Å². The number of hydrogen-bond acceptors (Lipinski definition) is 5. The van der Waals surface area contributed by atoms with E-state index in [1.54, 1.807) is 0 Å². The Morgan fingerprint density at radius 2 is 1.65 bits per heavy atom. The molecule has 0 aliphatic heterocycles. The zero-order valence-electron chi connectivity index (χ0n) is 23.8. The van der Waals surface area contributed by atoms with Gasteiger partial charge in [0.25, 0.3) is 5.91 Å². The van der Waals surface area contributed by atoms with Crippen LogP contribution >= 0.6 is 0 Å². The largest absolute Gasteiger partial charge is 0.496 e. The van der Waals surface area contributed by atoms with Crippen molar-refractivity contribution in [3.05, 3.63) is 52.8 Å². The number of methoxy groups -OCH3 is 1. The van der Waals surface area contributed by atoms with Crippen molar-refractivity contribution in [2.75, 3.05) is 12.4 Å². The van der Waals surface area contributed by atoms with Crippen LogP contribution < -0.4 is 20.1 Å². The van der Waals surface area contributed by atoms with Crippen LogP contribution in [0.15, 0.2) is 30.3 Å². The number of aliphatic carboxylic acids is 1. The van der Waals surface area contributed by atoms with Gasteiger partial charge in [0, 0.05) is 17.8 Å². The monoisotopic (exact) mass is 606 g/mol. The number of carboxylic acids is 1. The number of halogens is 4. The molecule has 2 amide bonds. The maximum Gasteiger partial charge on any atom is 0.416 e. The van der Waals surface area contributed by atoms with Crippen LogP contribution in [0.2, 0.25) is 0 Å². The van der Waals surface area contributed by atoms with E-state index in [4.69, 9.17) is 9.47 Å². The van der Waals surface area contributed by atoms with Gasteiger partial charge in [0.05, 0.1) is 36.2 Å². The zero-order valence-corrected chi connectivity index (χ0v) is 23.8. The highest BCUT2D eigenvalue weighted by Gasteiger charge is 2.51.